The zero-order chi connectivity index (χ0) is 38.3. The first kappa shape index (κ1) is 45.2. The van der Waals surface area contributed by atoms with E-state index in [0.717, 1.165) is 22.8 Å². The van der Waals surface area contributed by atoms with Gasteiger partial charge in [-0.25, -0.2) is 9.97 Å². The third-order valence-corrected chi connectivity index (χ3v) is 7.53. The highest BCUT2D eigenvalue weighted by molar-refractivity contribution is 6.17. The molecule has 6 heterocycles. The fourth-order valence-corrected chi connectivity index (χ4v) is 4.95. The molecule has 0 saturated carbocycles. The van der Waals surface area contributed by atoms with Crippen molar-refractivity contribution in [2.45, 2.75) is 59.7 Å². The number of methoxy groups -OCH3 is 2. The Hall–Kier alpha value is -6.00. The number of hydrogen-bond acceptors (Lipinski definition) is 14. The molecule has 0 atom stereocenters. The van der Waals surface area contributed by atoms with Gasteiger partial charge in [0.1, 0.15) is 35.2 Å². The summed E-state index contributed by atoms with van der Waals surface area (Å²) in [6, 6.07) is 7.17. The van der Waals surface area contributed by atoms with Crippen molar-refractivity contribution >= 4 is 36.6 Å². The van der Waals surface area contributed by atoms with Crippen molar-refractivity contribution < 1.29 is 28.9 Å². The molecule has 18 heteroatoms. The van der Waals surface area contributed by atoms with Gasteiger partial charge in [-0.2, -0.15) is 10.2 Å². The van der Waals surface area contributed by atoms with Crippen LogP contribution in [0.5, 0.6) is 23.3 Å². The number of carbonyl (C=O) groups is 2. The van der Waals surface area contributed by atoms with E-state index >= 15 is 0 Å². The highest BCUT2D eigenvalue weighted by Crippen LogP contribution is 2.26. The summed E-state index contributed by atoms with van der Waals surface area (Å²) in [5.74, 6) is 1.23. The molecule has 0 aromatic carbocycles. The van der Waals surface area contributed by atoms with Crippen molar-refractivity contribution in [1.82, 2.24) is 49.5 Å². The average Bonchev–Trinajstić information content (AvgIpc) is 3.89. The van der Waals surface area contributed by atoms with Crippen LogP contribution in [0.4, 0.5) is 0 Å². The van der Waals surface area contributed by atoms with Gasteiger partial charge in [0.15, 0.2) is 12.6 Å². The van der Waals surface area contributed by atoms with Gasteiger partial charge in [-0.3, -0.25) is 38.9 Å². The topological polar surface area (TPSA) is 195 Å². The standard InChI is InChI=1S/C18H19N5O3.C11H13ClN4.C7H7NO3.CH4.ClH/c1-12(2)23-15(4-5-22-23)18-14(19-6-7-20-18)11-26-16-9-21-17(25-3)8-13(16)10-24;1-8(2)16-10(3-4-15-16)11-9(7-12)13-5-6-14-11;1-11-7-2-5(4-9)6(10)3-8-7;;/h4-10,12H,11H2,1-3H3;3-6,8H,7H2,1-2H3;2-4,10H,1H3;1H4;1H. The fraction of sp³-hybridized carbons (Fsp3) is 0.297. The Labute approximate surface area is 330 Å². The number of alkyl halides is 1. The van der Waals surface area contributed by atoms with Crippen LogP contribution in [0.15, 0.2) is 73.8 Å². The molecule has 0 bridgehead atoms. The molecule has 6 aromatic heterocycles. The van der Waals surface area contributed by atoms with Gasteiger partial charge in [-0.1, -0.05) is 7.43 Å². The van der Waals surface area contributed by atoms with E-state index in [1.54, 1.807) is 37.2 Å². The summed E-state index contributed by atoms with van der Waals surface area (Å²) in [7, 11) is 2.93. The highest BCUT2D eigenvalue weighted by Gasteiger charge is 2.16. The SMILES string of the molecule is C.CC(C)n1nccc1-c1nccnc1CCl.COc1cc(C=O)c(O)cn1.COc1cc(C=O)c(OCc2nccnc2-c2ccnn2C(C)C)cn1.Cl. The Morgan fingerprint density at radius 3 is 1.67 bits per heavy atom. The normalized spacial score (nSPS) is 10.1. The number of aromatic nitrogens is 10. The second-order valence-corrected chi connectivity index (χ2v) is 11.7. The van der Waals surface area contributed by atoms with E-state index in [0.29, 0.717) is 52.9 Å². The molecule has 0 saturated heterocycles. The van der Waals surface area contributed by atoms with Gasteiger partial charge < -0.3 is 19.3 Å². The van der Waals surface area contributed by atoms with Crippen molar-refractivity contribution in [3.05, 3.63) is 96.4 Å². The van der Waals surface area contributed by atoms with Gasteiger partial charge in [-0.15, -0.1) is 24.0 Å². The van der Waals surface area contributed by atoms with Gasteiger partial charge in [0.05, 0.1) is 60.7 Å². The molecule has 6 aromatic rings. The van der Waals surface area contributed by atoms with Crippen molar-refractivity contribution in [2.75, 3.05) is 14.2 Å². The zero-order valence-electron chi connectivity index (χ0n) is 30.4. The quantitative estimate of drug-likeness (QED) is 0.0978. The number of pyridine rings is 2. The predicted molar refractivity (Wildman–Crippen MR) is 209 cm³/mol. The zero-order valence-corrected chi connectivity index (χ0v) is 32.0. The van der Waals surface area contributed by atoms with Crippen LogP contribution in [-0.4, -0.2) is 81.4 Å². The minimum Gasteiger partial charge on any atom is -0.506 e. The molecule has 0 radical (unpaired) electrons. The van der Waals surface area contributed by atoms with E-state index in [2.05, 4.69) is 53.9 Å². The average molecular weight is 796 g/mol. The van der Waals surface area contributed by atoms with Gasteiger partial charge in [0, 0.05) is 61.4 Å². The van der Waals surface area contributed by atoms with Crippen LogP contribution < -0.4 is 14.2 Å². The van der Waals surface area contributed by atoms with Gasteiger partial charge >= 0.3 is 0 Å². The molecule has 0 aliphatic carbocycles. The Morgan fingerprint density at radius 1 is 0.709 bits per heavy atom. The predicted octanol–water partition coefficient (Wildman–Crippen LogP) is 7.04. The van der Waals surface area contributed by atoms with E-state index in [1.165, 1.54) is 38.7 Å². The van der Waals surface area contributed by atoms with Crippen molar-refractivity contribution in [2.24, 2.45) is 0 Å². The summed E-state index contributed by atoms with van der Waals surface area (Å²) < 4.78 is 19.3. The highest BCUT2D eigenvalue weighted by atomic mass is 35.5. The Balaban J connectivity index is 0.000000308. The van der Waals surface area contributed by atoms with E-state index in [9.17, 15) is 9.59 Å². The molecule has 0 aliphatic heterocycles. The molecule has 55 heavy (non-hydrogen) atoms. The number of carbonyl (C=O) groups excluding carboxylic acids is 2. The van der Waals surface area contributed by atoms with Gasteiger partial charge in [0.2, 0.25) is 11.8 Å². The summed E-state index contributed by atoms with van der Waals surface area (Å²) in [6.45, 7) is 8.38. The lowest BCUT2D eigenvalue weighted by molar-refractivity contribution is 0.111. The summed E-state index contributed by atoms with van der Waals surface area (Å²) in [5.41, 5.74) is 5.27. The Bertz CT molecular complexity index is 2110. The van der Waals surface area contributed by atoms with Crippen LogP contribution in [0.3, 0.4) is 0 Å². The van der Waals surface area contributed by atoms with Crippen molar-refractivity contribution in [1.29, 1.82) is 0 Å². The van der Waals surface area contributed by atoms with Crippen molar-refractivity contribution in [3.63, 3.8) is 0 Å². The summed E-state index contributed by atoms with van der Waals surface area (Å²) >= 11 is 5.85. The number of aromatic hydroxyl groups is 1. The van der Waals surface area contributed by atoms with Crippen LogP contribution in [0, 0.1) is 0 Å². The molecule has 0 amide bonds. The number of nitrogens with zero attached hydrogens (tertiary/aromatic N) is 10. The largest absolute Gasteiger partial charge is 0.506 e. The number of rotatable bonds is 12. The smallest absolute Gasteiger partial charge is 0.213 e. The summed E-state index contributed by atoms with van der Waals surface area (Å²) in [4.78, 5) is 46.6. The third-order valence-electron chi connectivity index (χ3n) is 7.28. The van der Waals surface area contributed by atoms with Crippen LogP contribution in [0.1, 0.15) is 79.3 Å². The molecule has 0 aliphatic rings. The monoisotopic (exact) mass is 794 g/mol. The first-order valence-corrected chi connectivity index (χ1v) is 16.7. The molecule has 292 valence electrons. The maximum absolute atomic E-state index is 11.3. The molecular weight excluding hydrogens is 751 g/mol. The molecule has 1 N–H and O–H groups in total. The Morgan fingerprint density at radius 2 is 1.18 bits per heavy atom. The van der Waals surface area contributed by atoms with E-state index in [1.807, 2.05) is 35.3 Å². The van der Waals surface area contributed by atoms with Crippen molar-refractivity contribution in [3.8, 4) is 46.0 Å². The molecular formula is C37H44Cl2N10O6. The maximum Gasteiger partial charge on any atom is 0.213 e. The lowest BCUT2D eigenvalue weighted by Gasteiger charge is -2.14. The van der Waals surface area contributed by atoms with Gasteiger partial charge in [0.25, 0.3) is 0 Å². The Kier molecular flexibility index (Phi) is 18.3. The summed E-state index contributed by atoms with van der Waals surface area (Å²) in [5, 5.41) is 17.6. The molecule has 6 rings (SSSR count). The molecule has 0 fully saturated rings. The lowest BCUT2D eigenvalue weighted by atomic mass is 10.2. The molecule has 0 spiro atoms. The molecule has 16 nitrogen and oxygen atoms in total. The number of hydrogen-bond donors (Lipinski definition) is 1. The maximum atomic E-state index is 11.3. The van der Waals surface area contributed by atoms with Crippen LogP contribution >= 0.6 is 24.0 Å². The third kappa shape index (κ3) is 11.7. The first-order chi connectivity index (χ1) is 25.6. The van der Waals surface area contributed by atoms with Crippen LogP contribution in [0.2, 0.25) is 0 Å². The lowest BCUT2D eigenvalue weighted by Crippen LogP contribution is -2.09. The van der Waals surface area contributed by atoms with Gasteiger partial charge in [-0.05, 0) is 39.8 Å². The number of halogens is 2. The van der Waals surface area contributed by atoms with E-state index in [-0.39, 0.29) is 49.8 Å². The van der Waals surface area contributed by atoms with E-state index < -0.39 is 0 Å². The van der Waals surface area contributed by atoms with Crippen LogP contribution in [0.25, 0.3) is 22.8 Å². The first-order valence-electron chi connectivity index (χ1n) is 16.2. The van der Waals surface area contributed by atoms with Crippen LogP contribution in [-0.2, 0) is 12.5 Å². The minimum atomic E-state index is -0.138. The fourth-order valence-electron chi connectivity index (χ4n) is 4.75. The van der Waals surface area contributed by atoms with E-state index in [4.69, 9.17) is 30.9 Å². The molecule has 0 unspecified atom stereocenters. The second kappa shape index (κ2) is 22.3. The number of ether oxygens (including phenoxy) is 3. The number of aldehydes is 2. The minimum absolute atomic E-state index is 0. The second-order valence-electron chi connectivity index (χ2n) is 11.4. The summed E-state index contributed by atoms with van der Waals surface area (Å²) in [6.07, 6.45) is 13.9.